The minimum absolute atomic E-state index is 0.0935. The molecule has 0 aliphatic rings. The van der Waals surface area contributed by atoms with Crippen LogP contribution in [0, 0.1) is 5.92 Å². The van der Waals surface area contributed by atoms with Crippen LogP contribution in [0.15, 0.2) is 16.8 Å². The topological polar surface area (TPSA) is 38.3 Å². The predicted molar refractivity (Wildman–Crippen MR) is 57.0 cm³/mol. The van der Waals surface area contributed by atoms with Crippen LogP contribution in [-0.2, 0) is 16.1 Å². The van der Waals surface area contributed by atoms with E-state index in [4.69, 9.17) is 4.84 Å². The third-order valence-electron chi connectivity index (χ3n) is 1.55. The maximum atomic E-state index is 11.3. The Morgan fingerprint density at radius 3 is 3.00 bits per heavy atom. The second-order valence-electron chi connectivity index (χ2n) is 3.54. The first-order chi connectivity index (χ1) is 6.68. The number of nitrogens with one attached hydrogen (secondary N) is 1. The Labute approximate surface area is 88.0 Å². The third kappa shape index (κ3) is 4.39. The van der Waals surface area contributed by atoms with Crippen LogP contribution < -0.4 is 5.48 Å². The van der Waals surface area contributed by atoms with Gasteiger partial charge in [0.1, 0.15) is 0 Å². The molecule has 0 atom stereocenters. The van der Waals surface area contributed by atoms with Gasteiger partial charge in [-0.3, -0.25) is 9.63 Å². The molecular weight excluding hydrogens is 198 g/mol. The zero-order chi connectivity index (χ0) is 10.4. The molecular formula is C10H15NO2S. The fourth-order valence-corrected chi connectivity index (χ4v) is 1.57. The van der Waals surface area contributed by atoms with Gasteiger partial charge >= 0.3 is 0 Å². The van der Waals surface area contributed by atoms with E-state index < -0.39 is 0 Å². The molecule has 4 heteroatoms. The van der Waals surface area contributed by atoms with E-state index in [9.17, 15) is 4.79 Å². The number of hydrogen-bond donors (Lipinski definition) is 1. The van der Waals surface area contributed by atoms with E-state index in [0.29, 0.717) is 18.9 Å². The quantitative estimate of drug-likeness (QED) is 0.760. The van der Waals surface area contributed by atoms with Crippen LogP contribution in [0.2, 0.25) is 0 Å². The van der Waals surface area contributed by atoms with Crippen molar-refractivity contribution < 1.29 is 9.63 Å². The number of hydrogen-bond acceptors (Lipinski definition) is 3. The van der Waals surface area contributed by atoms with Gasteiger partial charge in [-0.15, -0.1) is 0 Å². The third-order valence-corrected chi connectivity index (χ3v) is 2.28. The van der Waals surface area contributed by atoms with Crippen molar-refractivity contribution in [1.82, 2.24) is 5.48 Å². The zero-order valence-corrected chi connectivity index (χ0v) is 9.26. The molecule has 3 nitrogen and oxygen atoms in total. The summed E-state index contributed by atoms with van der Waals surface area (Å²) in [6.07, 6.45) is 0.390. The highest BCUT2D eigenvalue weighted by molar-refractivity contribution is 7.07. The van der Waals surface area contributed by atoms with Crippen molar-refractivity contribution in [2.24, 2.45) is 5.92 Å². The summed E-state index contributed by atoms with van der Waals surface area (Å²) in [5, 5.41) is 3.92. The van der Waals surface area contributed by atoms with Crippen molar-refractivity contribution in [3.05, 3.63) is 22.4 Å². The molecule has 0 radical (unpaired) electrons. The molecule has 0 unspecified atom stereocenters. The fourth-order valence-electron chi connectivity index (χ4n) is 0.904. The molecule has 0 bridgehead atoms. The molecule has 0 saturated heterocycles. The van der Waals surface area contributed by atoms with E-state index in [1.165, 1.54) is 0 Å². The molecule has 1 heterocycles. The Kier molecular flexibility index (Phi) is 4.62. The molecule has 0 fully saturated rings. The number of rotatable bonds is 5. The smallest absolute Gasteiger partial charge is 0.247 e. The highest BCUT2D eigenvalue weighted by Gasteiger charge is 2.03. The largest absolute Gasteiger partial charge is 0.273 e. The average Bonchev–Trinajstić information content (AvgIpc) is 2.56. The average molecular weight is 213 g/mol. The molecule has 0 spiro atoms. The second-order valence-corrected chi connectivity index (χ2v) is 4.32. The van der Waals surface area contributed by atoms with Crippen molar-refractivity contribution in [3.63, 3.8) is 0 Å². The van der Waals surface area contributed by atoms with Gasteiger partial charge in [-0.1, -0.05) is 13.8 Å². The summed E-state index contributed by atoms with van der Waals surface area (Å²) in [5.41, 5.74) is 3.45. The van der Waals surface area contributed by atoms with Gasteiger partial charge < -0.3 is 0 Å². The van der Waals surface area contributed by atoms with Crippen molar-refractivity contribution in [2.45, 2.75) is 20.3 Å². The molecule has 1 N–H and O–H groups in total. The lowest BCUT2D eigenvalue weighted by atomic mass is 10.2. The Hall–Kier alpha value is -0.870. The first kappa shape index (κ1) is 11.2. The maximum Gasteiger partial charge on any atom is 0.247 e. The molecule has 1 amide bonds. The number of carbonyl (C=O) groups is 1. The van der Waals surface area contributed by atoms with Crippen LogP contribution in [0.4, 0.5) is 0 Å². The molecule has 1 aromatic heterocycles. The van der Waals surface area contributed by atoms with E-state index >= 15 is 0 Å². The monoisotopic (exact) mass is 213 g/mol. The zero-order valence-electron chi connectivity index (χ0n) is 8.45. The van der Waals surface area contributed by atoms with E-state index in [1.807, 2.05) is 30.7 Å². The maximum absolute atomic E-state index is 11.3. The van der Waals surface area contributed by atoms with Crippen LogP contribution in [0.3, 0.4) is 0 Å². The van der Waals surface area contributed by atoms with Crippen LogP contribution in [-0.4, -0.2) is 12.5 Å². The number of carbonyl (C=O) groups excluding carboxylic acids is 1. The standard InChI is InChI=1S/C10H15NO2S/c1-8(2)6-13-11-10(12)5-9-3-4-14-7-9/h3-4,7-8H,5-6H2,1-2H3,(H,11,12). The van der Waals surface area contributed by atoms with Crippen molar-refractivity contribution >= 4 is 17.2 Å². The first-order valence-corrected chi connectivity index (χ1v) is 5.54. The second kappa shape index (κ2) is 5.78. The predicted octanol–water partition coefficient (Wildman–Crippen LogP) is 1.99. The molecule has 0 aliphatic carbocycles. The molecule has 0 saturated carbocycles. The van der Waals surface area contributed by atoms with Crippen molar-refractivity contribution in [2.75, 3.05) is 6.61 Å². The summed E-state index contributed by atoms with van der Waals surface area (Å²) in [6, 6.07) is 1.94. The number of hydroxylamine groups is 1. The minimum atomic E-state index is -0.0935. The Bertz CT molecular complexity index is 270. The number of amides is 1. The van der Waals surface area contributed by atoms with E-state index in [1.54, 1.807) is 11.3 Å². The molecule has 14 heavy (non-hydrogen) atoms. The van der Waals surface area contributed by atoms with E-state index in [-0.39, 0.29) is 5.91 Å². The molecule has 0 aliphatic heterocycles. The highest BCUT2D eigenvalue weighted by atomic mass is 32.1. The molecule has 78 valence electrons. The van der Waals surface area contributed by atoms with Crippen LogP contribution in [0.5, 0.6) is 0 Å². The lowest BCUT2D eigenvalue weighted by Gasteiger charge is -2.06. The SMILES string of the molecule is CC(C)CONC(=O)Cc1ccsc1. The van der Waals surface area contributed by atoms with Crippen LogP contribution in [0.1, 0.15) is 19.4 Å². The summed E-state index contributed by atoms with van der Waals surface area (Å²) < 4.78 is 0. The molecule has 0 aromatic carbocycles. The van der Waals surface area contributed by atoms with E-state index in [0.717, 1.165) is 5.56 Å². The Morgan fingerprint density at radius 2 is 2.43 bits per heavy atom. The fraction of sp³-hybridized carbons (Fsp3) is 0.500. The van der Waals surface area contributed by atoms with Gasteiger partial charge in [-0.05, 0) is 28.3 Å². The normalized spacial score (nSPS) is 10.5. The van der Waals surface area contributed by atoms with Gasteiger partial charge in [0.2, 0.25) is 5.91 Å². The van der Waals surface area contributed by atoms with Gasteiger partial charge in [-0.25, -0.2) is 5.48 Å². The van der Waals surface area contributed by atoms with Crippen molar-refractivity contribution in [3.8, 4) is 0 Å². The van der Waals surface area contributed by atoms with Crippen molar-refractivity contribution in [1.29, 1.82) is 0 Å². The van der Waals surface area contributed by atoms with Gasteiger partial charge in [0, 0.05) is 0 Å². The van der Waals surface area contributed by atoms with Crippen LogP contribution in [0.25, 0.3) is 0 Å². The minimum Gasteiger partial charge on any atom is -0.273 e. The van der Waals surface area contributed by atoms with Gasteiger partial charge in [0.15, 0.2) is 0 Å². The summed E-state index contributed by atoms with van der Waals surface area (Å²) in [7, 11) is 0. The Balaban J connectivity index is 2.17. The molecule has 1 rings (SSSR count). The summed E-state index contributed by atoms with van der Waals surface area (Å²) in [4.78, 5) is 16.3. The van der Waals surface area contributed by atoms with Gasteiger partial charge in [-0.2, -0.15) is 11.3 Å². The van der Waals surface area contributed by atoms with E-state index in [2.05, 4.69) is 5.48 Å². The van der Waals surface area contributed by atoms with Gasteiger partial charge in [0.05, 0.1) is 13.0 Å². The molecule has 1 aromatic rings. The van der Waals surface area contributed by atoms with Crippen LogP contribution >= 0.6 is 11.3 Å². The van der Waals surface area contributed by atoms with Gasteiger partial charge in [0.25, 0.3) is 0 Å². The number of thiophene rings is 1. The Morgan fingerprint density at radius 1 is 1.64 bits per heavy atom. The lowest BCUT2D eigenvalue weighted by Crippen LogP contribution is -2.26. The first-order valence-electron chi connectivity index (χ1n) is 4.60. The highest BCUT2D eigenvalue weighted by Crippen LogP contribution is 2.06. The summed E-state index contributed by atoms with van der Waals surface area (Å²) >= 11 is 1.59. The lowest BCUT2D eigenvalue weighted by molar-refractivity contribution is -0.133. The summed E-state index contributed by atoms with van der Waals surface area (Å²) in [6.45, 7) is 4.62. The summed E-state index contributed by atoms with van der Waals surface area (Å²) in [5.74, 6) is 0.334.